The van der Waals surface area contributed by atoms with Gasteiger partial charge in [-0.3, -0.25) is 19.2 Å². The van der Waals surface area contributed by atoms with Gasteiger partial charge in [-0.15, -0.1) is 0 Å². The van der Waals surface area contributed by atoms with E-state index in [1.165, 1.54) is 0 Å². The Labute approximate surface area is 187 Å². The molecule has 0 aliphatic carbocycles. The summed E-state index contributed by atoms with van der Waals surface area (Å²) in [6.45, 7) is 4.18. The summed E-state index contributed by atoms with van der Waals surface area (Å²) in [5, 5.41) is 19.9. The van der Waals surface area contributed by atoms with Gasteiger partial charge in [0.2, 0.25) is 23.6 Å². The molecule has 0 aromatic rings. The molecule has 7 N–H and O–H groups in total. The number of thiol groups is 1. The maximum Gasteiger partial charge on any atom is 0.326 e. The summed E-state index contributed by atoms with van der Waals surface area (Å²) >= 11 is 4.10. The molecule has 1 aliphatic heterocycles. The van der Waals surface area contributed by atoms with Crippen molar-refractivity contribution in [3.05, 3.63) is 0 Å². The zero-order chi connectivity index (χ0) is 23.6. The monoisotopic (exact) mass is 459 g/mol. The standard InChI is InChI=1S/C19H33N5O6S/c1-3-10(2)15(19(29)30)24-17(27)12(6-7-14(20)25)22-18(28)13(9-31)23-16(26)11-5-4-8-21-11/h10-13,15,21,31H,3-9H2,1-2H3,(H2,20,25)(H,22,28)(H,23,26)(H,24,27)(H,29,30). The number of rotatable bonds is 13. The smallest absolute Gasteiger partial charge is 0.326 e. The molecule has 0 aromatic heterocycles. The van der Waals surface area contributed by atoms with Gasteiger partial charge < -0.3 is 32.1 Å². The zero-order valence-electron chi connectivity index (χ0n) is 17.8. The molecule has 31 heavy (non-hydrogen) atoms. The van der Waals surface area contributed by atoms with Crippen LogP contribution in [0.3, 0.4) is 0 Å². The first-order chi connectivity index (χ1) is 14.6. The van der Waals surface area contributed by atoms with E-state index >= 15 is 0 Å². The topological polar surface area (TPSA) is 180 Å². The second kappa shape index (κ2) is 13.2. The van der Waals surface area contributed by atoms with Crippen molar-refractivity contribution in [2.75, 3.05) is 12.3 Å². The number of aliphatic carboxylic acids is 1. The molecule has 4 amide bonds. The molecule has 0 saturated carbocycles. The van der Waals surface area contributed by atoms with Crippen LogP contribution in [0, 0.1) is 5.92 Å². The molecule has 0 spiro atoms. The summed E-state index contributed by atoms with van der Waals surface area (Å²) in [5.74, 6) is -3.99. The van der Waals surface area contributed by atoms with Crippen molar-refractivity contribution in [3.63, 3.8) is 0 Å². The van der Waals surface area contributed by atoms with Crippen LogP contribution in [0.1, 0.15) is 46.0 Å². The number of carboxylic acids is 1. The van der Waals surface area contributed by atoms with Gasteiger partial charge >= 0.3 is 5.97 Å². The van der Waals surface area contributed by atoms with Gasteiger partial charge in [-0.2, -0.15) is 12.6 Å². The van der Waals surface area contributed by atoms with E-state index in [9.17, 15) is 29.1 Å². The van der Waals surface area contributed by atoms with E-state index in [1.807, 2.05) is 0 Å². The van der Waals surface area contributed by atoms with Crippen LogP contribution in [0.2, 0.25) is 0 Å². The highest BCUT2D eigenvalue weighted by Crippen LogP contribution is 2.10. The fourth-order valence-corrected chi connectivity index (χ4v) is 3.40. The molecule has 11 nitrogen and oxygen atoms in total. The molecule has 0 radical (unpaired) electrons. The first-order valence-corrected chi connectivity index (χ1v) is 11.0. The SMILES string of the molecule is CCC(C)C(NC(=O)C(CCC(N)=O)NC(=O)C(CS)NC(=O)C1CCCN1)C(=O)O. The van der Waals surface area contributed by atoms with Gasteiger partial charge in [0.25, 0.3) is 0 Å². The molecular weight excluding hydrogens is 426 g/mol. The zero-order valence-corrected chi connectivity index (χ0v) is 18.7. The minimum atomic E-state index is -1.20. The Morgan fingerprint density at radius 3 is 2.26 bits per heavy atom. The third-order valence-electron chi connectivity index (χ3n) is 5.28. The molecule has 5 atom stereocenters. The second-order valence-electron chi connectivity index (χ2n) is 7.67. The van der Waals surface area contributed by atoms with Gasteiger partial charge in [-0.1, -0.05) is 20.3 Å². The molecule has 5 unspecified atom stereocenters. The van der Waals surface area contributed by atoms with Crippen LogP contribution >= 0.6 is 12.6 Å². The predicted molar refractivity (Wildman–Crippen MR) is 116 cm³/mol. The normalized spacial score (nSPS) is 19.5. The lowest BCUT2D eigenvalue weighted by Gasteiger charge is -2.26. The third-order valence-corrected chi connectivity index (χ3v) is 5.65. The van der Waals surface area contributed by atoms with Crippen LogP contribution in [0.4, 0.5) is 0 Å². The molecule has 0 aromatic carbocycles. The van der Waals surface area contributed by atoms with E-state index in [1.54, 1.807) is 13.8 Å². The molecular formula is C19H33N5O6S. The minimum absolute atomic E-state index is 0.0148. The average Bonchev–Trinajstić information content (AvgIpc) is 3.26. The fraction of sp³-hybridized carbons (Fsp3) is 0.737. The van der Waals surface area contributed by atoms with E-state index in [0.29, 0.717) is 19.4 Å². The predicted octanol–water partition coefficient (Wildman–Crippen LogP) is -1.48. The lowest BCUT2D eigenvalue weighted by atomic mass is 9.98. The molecule has 1 aliphatic rings. The largest absolute Gasteiger partial charge is 0.480 e. The number of hydrogen-bond donors (Lipinski definition) is 7. The van der Waals surface area contributed by atoms with E-state index in [0.717, 1.165) is 6.42 Å². The van der Waals surface area contributed by atoms with Crippen molar-refractivity contribution in [3.8, 4) is 0 Å². The first-order valence-electron chi connectivity index (χ1n) is 10.4. The Bertz CT molecular complexity index is 670. The molecule has 1 heterocycles. The number of nitrogens with two attached hydrogens (primary N) is 1. The van der Waals surface area contributed by atoms with Gasteiger partial charge in [-0.05, 0) is 31.7 Å². The van der Waals surface area contributed by atoms with Gasteiger partial charge in [0, 0.05) is 12.2 Å². The van der Waals surface area contributed by atoms with Crippen LogP contribution in [0.25, 0.3) is 0 Å². The van der Waals surface area contributed by atoms with Gasteiger partial charge in [0.15, 0.2) is 0 Å². The molecule has 1 rings (SSSR count). The Balaban J connectivity index is 2.86. The van der Waals surface area contributed by atoms with Crippen LogP contribution in [-0.2, 0) is 24.0 Å². The van der Waals surface area contributed by atoms with Crippen LogP contribution < -0.4 is 27.0 Å². The van der Waals surface area contributed by atoms with Gasteiger partial charge in [0.05, 0.1) is 6.04 Å². The summed E-state index contributed by atoms with van der Waals surface area (Å²) in [6, 6.07) is -3.75. The van der Waals surface area contributed by atoms with Crippen molar-refractivity contribution >= 4 is 42.2 Å². The van der Waals surface area contributed by atoms with Gasteiger partial charge in [0.1, 0.15) is 18.1 Å². The van der Waals surface area contributed by atoms with E-state index in [4.69, 9.17) is 5.73 Å². The molecule has 12 heteroatoms. The van der Waals surface area contributed by atoms with Crippen LogP contribution in [-0.4, -0.2) is 71.2 Å². The van der Waals surface area contributed by atoms with E-state index < -0.39 is 47.9 Å². The Kier molecular flexibility index (Phi) is 11.3. The molecule has 0 bridgehead atoms. The lowest BCUT2D eigenvalue weighted by Crippen LogP contribution is -2.58. The Morgan fingerprint density at radius 1 is 1.13 bits per heavy atom. The minimum Gasteiger partial charge on any atom is -0.480 e. The number of amides is 4. The number of primary amides is 1. The van der Waals surface area contributed by atoms with Crippen molar-refractivity contribution in [2.24, 2.45) is 11.7 Å². The van der Waals surface area contributed by atoms with Crippen LogP contribution in [0.15, 0.2) is 0 Å². The third kappa shape index (κ3) is 8.74. The first kappa shape index (κ1) is 26.7. The van der Waals surface area contributed by atoms with Crippen LogP contribution in [0.5, 0.6) is 0 Å². The molecule has 1 fully saturated rings. The van der Waals surface area contributed by atoms with Crippen molar-refractivity contribution in [1.29, 1.82) is 0 Å². The molecule has 176 valence electrons. The van der Waals surface area contributed by atoms with Crippen molar-refractivity contribution in [2.45, 2.75) is 70.1 Å². The summed E-state index contributed by atoms with van der Waals surface area (Å²) in [7, 11) is 0. The second-order valence-corrected chi connectivity index (χ2v) is 8.03. The van der Waals surface area contributed by atoms with E-state index in [-0.39, 0.29) is 30.4 Å². The van der Waals surface area contributed by atoms with Crippen molar-refractivity contribution in [1.82, 2.24) is 21.3 Å². The Hall–Kier alpha value is -2.34. The summed E-state index contributed by atoms with van der Waals surface area (Å²) in [5.41, 5.74) is 5.16. The number of carbonyl (C=O) groups excluding carboxylic acids is 4. The lowest BCUT2D eigenvalue weighted by molar-refractivity contribution is -0.144. The summed E-state index contributed by atoms with van der Waals surface area (Å²) in [4.78, 5) is 60.4. The number of carboxylic acid groups (broad SMARTS) is 1. The summed E-state index contributed by atoms with van der Waals surface area (Å²) < 4.78 is 0. The highest BCUT2D eigenvalue weighted by molar-refractivity contribution is 7.80. The number of nitrogens with one attached hydrogen (secondary N) is 4. The quantitative estimate of drug-likeness (QED) is 0.164. The fourth-order valence-electron chi connectivity index (χ4n) is 3.14. The maximum absolute atomic E-state index is 12.7. The maximum atomic E-state index is 12.7. The highest BCUT2D eigenvalue weighted by atomic mass is 32.1. The van der Waals surface area contributed by atoms with Gasteiger partial charge in [-0.25, -0.2) is 4.79 Å². The highest BCUT2D eigenvalue weighted by Gasteiger charge is 2.32. The molecule has 1 saturated heterocycles. The number of hydrogen-bond acceptors (Lipinski definition) is 7. The number of carbonyl (C=O) groups is 5. The van der Waals surface area contributed by atoms with E-state index in [2.05, 4.69) is 33.9 Å². The summed E-state index contributed by atoms with van der Waals surface area (Å²) in [6.07, 6.45) is 1.72. The average molecular weight is 460 g/mol. The van der Waals surface area contributed by atoms with Crippen molar-refractivity contribution < 1.29 is 29.1 Å². The Morgan fingerprint density at radius 2 is 1.77 bits per heavy atom.